The molecule has 13 heteroatoms. The second kappa shape index (κ2) is 13.1. The molecule has 0 radical (unpaired) electrons. The SMILES string of the molecule is Cc1cnc(Nc2ccc(N3CCN(C(=O)Nc4ccccc4F)CC3)cc2)nc1Nc1cccc(S(=O)(=O)NC(C)(C)C)c1. The van der Waals surface area contributed by atoms with Crippen LogP contribution in [0.3, 0.4) is 0 Å². The predicted molar refractivity (Wildman–Crippen MR) is 175 cm³/mol. The third-order valence-corrected chi connectivity index (χ3v) is 8.75. The van der Waals surface area contributed by atoms with E-state index in [9.17, 15) is 17.6 Å². The number of para-hydroxylation sites is 1. The molecule has 2 amide bonds. The summed E-state index contributed by atoms with van der Waals surface area (Å²) < 4.78 is 42.2. The molecule has 0 unspecified atom stereocenters. The Morgan fingerprint density at radius 3 is 2.29 bits per heavy atom. The molecule has 2 heterocycles. The molecule has 45 heavy (non-hydrogen) atoms. The van der Waals surface area contributed by atoms with Gasteiger partial charge < -0.3 is 25.8 Å². The van der Waals surface area contributed by atoms with E-state index >= 15 is 0 Å². The number of benzene rings is 3. The summed E-state index contributed by atoms with van der Waals surface area (Å²) in [7, 11) is -3.69. The van der Waals surface area contributed by atoms with E-state index in [2.05, 4.69) is 35.5 Å². The van der Waals surface area contributed by atoms with E-state index in [1.54, 1.807) is 68.3 Å². The first-order chi connectivity index (χ1) is 21.4. The summed E-state index contributed by atoms with van der Waals surface area (Å²) in [6.07, 6.45) is 1.69. The molecule has 0 saturated carbocycles. The molecule has 5 rings (SSSR count). The van der Waals surface area contributed by atoms with Crippen LogP contribution < -0.4 is 25.6 Å². The Kier molecular flexibility index (Phi) is 9.21. The van der Waals surface area contributed by atoms with Crippen molar-refractivity contribution < 1.29 is 17.6 Å². The van der Waals surface area contributed by atoms with Gasteiger partial charge in [0.2, 0.25) is 16.0 Å². The van der Waals surface area contributed by atoms with Gasteiger partial charge in [0.1, 0.15) is 11.6 Å². The number of hydrogen-bond donors (Lipinski definition) is 4. The first-order valence-corrected chi connectivity index (χ1v) is 16.0. The highest BCUT2D eigenvalue weighted by atomic mass is 32.2. The maximum atomic E-state index is 13.9. The van der Waals surface area contributed by atoms with Crippen LogP contribution in [0.2, 0.25) is 0 Å². The van der Waals surface area contributed by atoms with Crippen molar-refractivity contribution in [3.05, 3.63) is 90.4 Å². The van der Waals surface area contributed by atoms with Gasteiger partial charge in [-0.2, -0.15) is 4.98 Å². The zero-order chi connectivity index (χ0) is 32.2. The molecule has 1 aromatic heterocycles. The van der Waals surface area contributed by atoms with Crippen molar-refractivity contribution in [3.8, 4) is 0 Å². The van der Waals surface area contributed by atoms with E-state index in [4.69, 9.17) is 0 Å². The van der Waals surface area contributed by atoms with Crippen molar-refractivity contribution in [2.75, 3.05) is 47.0 Å². The fourth-order valence-corrected chi connectivity index (χ4v) is 6.24. The number of rotatable bonds is 8. The maximum Gasteiger partial charge on any atom is 0.322 e. The smallest absolute Gasteiger partial charge is 0.322 e. The molecular weight excluding hydrogens is 595 g/mol. The first-order valence-electron chi connectivity index (χ1n) is 14.5. The third-order valence-electron chi connectivity index (χ3n) is 6.99. The quantitative estimate of drug-likeness (QED) is 0.191. The van der Waals surface area contributed by atoms with Crippen molar-refractivity contribution >= 4 is 50.6 Å². The number of amides is 2. The molecular formula is C32H37FN8O3S. The summed E-state index contributed by atoms with van der Waals surface area (Å²) in [5.74, 6) is 0.455. The highest BCUT2D eigenvalue weighted by molar-refractivity contribution is 7.89. The summed E-state index contributed by atoms with van der Waals surface area (Å²) in [5.41, 5.74) is 2.73. The molecule has 1 saturated heterocycles. The lowest BCUT2D eigenvalue weighted by Gasteiger charge is -2.36. The van der Waals surface area contributed by atoms with E-state index in [-0.39, 0.29) is 16.6 Å². The van der Waals surface area contributed by atoms with Crippen molar-refractivity contribution in [1.29, 1.82) is 0 Å². The minimum atomic E-state index is -3.69. The average molecular weight is 633 g/mol. The lowest BCUT2D eigenvalue weighted by atomic mass is 10.1. The highest BCUT2D eigenvalue weighted by Gasteiger charge is 2.23. The topological polar surface area (TPSA) is 132 Å². The van der Waals surface area contributed by atoms with Gasteiger partial charge in [0.15, 0.2) is 0 Å². The summed E-state index contributed by atoms with van der Waals surface area (Å²) in [4.78, 5) is 25.6. The summed E-state index contributed by atoms with van der Waals surface area (Å²) in [5, 5.41) is 9.08. The summed E-state index contributed by atoms with van der Waals surface area (Å²) in [6.45, 7) is 9.54. The van der Waals surface area contributed by atoms with Gasteiger partial charge in [0.25, 0.3) is 0 Å². The van der Waals surface area contributed by atoms with E-state index in [0.717, 1.165) is 16.9 Å². The molecule has 1 aliphatic heterocycles. The van der Waals surface area contributed by atoms with Crippen LogP contribution in [0.5, 0.6) is 0 Å². The van der Waals surface area contributed by atoms with E-state index in [1.165, 1.54) is 12.1 Å². The van der Waals surface area contributed by atoms with Crippen LogP contribution in [-0.4, -0.2) is 61.0 Å². The third kappa shape index (κ3) is 8.25. The lowest BCUT2D eigenvalue weighted by Crippen LogP contribution is -2.50. The fraction of sp³-hybridized carbons (Fsp3) is 0.281. The van der Waals surface area contributed by atoms with Crippen LogP contribution in [0.25, 0.3) is 0 Å². The zero-order valence-corrected chi connectivity index (χ0v) is 26.5. The normalized spacial score (nSPS) is 13.8. The zero-order valence-electron chi connectivity index (χ0n) is 25.6. The van der Waals surface area contributed by atoms with Crippen molar-refractivity contribution in [2.45, 2.75) is 38.1 Å². The van der Waals surface area contributed by atoms with Gasteiger partial charge in [0, 0.05) is 60.5 Å². The van der Waals surface area contributed by atoms with Crippen LogP contribution in [0.15, 0.2) is 83.9 Å². The molecule has 0 spiro atoms. The predicted octanol–water partition coefficient (Wildman–Crippen LogP) is 5.84. The number of nitrogens with one attached hydrogen (secondary N) is 4. The second-order valence-electron chi connectivity index (χ2n) is 11.8. The van der Waals surface area contributed by atoms with E-state index in [0.29, 0.717) is 43.6 Å². The van der Waals surface area contributed by atoms with Crippen LogP contribution >= 0.6 is 0 Å². The maximum absolute atomic E-state index is 13.9. The Morgan fingerprint density at radius 2 is 1.60 bits per heavy atom. The van der Waals surface area contributed by atoms with Gasteiger partial charge in [-0.1, -0.05) is 18.2 Å². The van der Waals surface area contributed by atoms with Crippen LogP contribution in [0.4, 0.5) is 43.7 Å². The number of hydrogen-bond acceptors (Lipinski definition) is 8. The number of aryl methyl sites for hydroxylation is 1. The standard InChI is InChI=1S/C32H37FN8O3S/c1-22-21-34-30(38-29(22)35-24-8-7-9-26(20-24)45(43,44)39-32(2,3)4)36-23-12-14-25(15-13-23)40-16-18-41(19-17-40)31(42)37-28-11-6-5-10-27(28)33/h5-15,20-21,39H,16-19H2,1-4H3,(H,37,42)(H2,34,35,36,38). The summed E-state index contributed by atoms with van der Waals surface area (Å²) >= 11 is 0. The largest absolute Gasteiger partial charge is 0.368 e. The number of anilines is 6. The average Bonchev–Trinajstić information content (AvgIpc) is 2.99. The van der Waals surface area contributed by atoms with Gasteiger partial charge >= 0.3 is 6.03 Å². The molecule has 0 bridgehead atoms. The Morgan fingerprint density at radius 1 is 0.889 bits per heavy atom. The Labute approximate surface area is 262 Å². The van der Waals surface area contributed by atoms with Crippen molar-refractivity contribution in [2.24, 2.45) is 0 Å². The van der Waals surface area contributed by atoms with Gasteiger partial charge in [0.05, 0.1) is 10.6 Å². The van der Waals surface area contributed by atoms with Crippen LogP contribution in [-0.2, 0) is 10.0 Å². The Hall–Kier alpha value is -4.75. The molecule has 11 nitrogen and oxygen atoms in total. The molecule has 4 N–H and O–H groups in total. The van der Waals surface area contributed by atoms with Gasteiger partial charge in [-0.15, -0.1) is 0 Å². The fourth-order valence-electron chi connectivity index (χ4n) is 4.78. The molecule has 3 aromatic carbocycles. The number of aromatic nitrogens is 2. The summed E-state index contributed by atoms with van der Waals surface area (Å²) in [6, 6.07) is 20.2. The molecule has 236 valence electrons. The number of halogens is 1. The van der Waals surface area contributed by atoms with Crippen LogP contribution in [0, 0.1) is 12.7 Å². The van der Waals surface area contributed by atoms with Crippen molar-refractivity contribution in [3.63, 3.8) is 0 Å². The van der Waals surface area contributed by atoms with Crippen molar-refractivity contribution in [1.82, 2.24) is 19.6 Å². The molecule has 0 atom stereocenters. The number of sulfonamides is 1. The number of carbonyl (C=O) groups is 1. The van der Waals surface area contributed by atoms with Gasteiger partial charge in [-0.3, -0.25) is 0 Å². The minimum absolute atomic E-state index is 0.153. The highest BCUT2D eigenvalue weighted by Crippen LogP contribution is 2.25. The van der Waals surface area contributed by atoms with Gasteiger partial charge in [-0.05, 0) is 82.3 Å². The number of carbonyl (C=O) groups excluding carboxylic acids is 1. The number of urea groups is 1. The Balaban J connectivity index is 1.19. The first kappa shape index (κ1) is 31.7. The van der Waals surface area contributed by atoms with Gasteiger partial charge in [-0.25, -0.2) is 27.3 Å². The minimum Gasteiger partial charge on any atom is -0.368 e. The van der Waals surface area contributed by atoms with E-state index in [1.807, 2.05) is 31.2 Å². The van der Waals surface area contributed by atoms with Crippen LogP contribution in [0.1, 0.15) is 26.3 Å². The van der Waals surface area contributed by atoms with E-state index < -0.39 is 21.4 Å². The Bertz CT molecular complexity index is 1770. The molecule has 1 fully saturated rings. The molecule has 0 aliphatic carbocycles. The number of piperazine rings is 1. The second-order valence-corrected chi connectivity index (χ2v) is 13.5. The number of nitrogens with zero attached hydrogens (tertiary/aromatic N) is 4. The monoisotopic (exact) mass is 632 g/mol. The lowest BCUT2D eigenvalue weighted by molar-refractivity contribution is 0.208. The molecule has 1 aliphatic rings. The molecule has 4 aromatic rings.